The van der Waals surface area contributed by atoms with Crippen molar-refractivity contribution in [2.45, 2.75) is 18.9 Å². The molecule has 1 fully saturated rings. The molecule has 0 radical (unpaired) electrons. The smallest absolute Gasteiger partial charge is 0.251 e. The van der Waals surface area contributed by atoms with Gasteiger partial charge >= 0.3 is 0 Å². The molecule has 8 heteroatoms. The van der Waals surface area contributed by atoms with Crippen molar-refractivity contribution in [2.75, 3.05) is 52.5 Å². The Kier molecular flexibility index (Phi) is 5.27. The fraction of sp³-hybridized carbons (Fsp3) is 0.440. The minimum absolute atomic E-state index is 0.0114. The third kappa shape index (κ3) is 3.87. The predicted octanol–water partition coefficient (Wildman–Crippen LogP) is 2.26. The molecule has 172 valence electrons. The average molecular weight is 451 g/mol. The van der Waals surface area contributed by atoms with Crippen molar-refractivity contribution in [2.24, 2.45) is 0 Å². The number of fused-ring (bicyclic) bond motifs is 1. The maximum atomic E-state index is 14.8. The van der Waals surface area contributed by atoms with Crippen LogP contribution in [-0.4, -0.2) is 71.8 Å². The van der Waals surface area contributed by atoms with E-state index < -0.39 is 0 Å². The molecule has 3 aromatic rings. The average Bonchev–Trinajstić information content (AvgIpc) is 3.23. The van der Waals surface area contributed by atoms with Crippen molar-refractivity contribution in [3.8, 4) is 11.5 Å². The summed E-state index contributed by atoms with van der Waals surface area (Å²) in [5, 5.41) is 0.936. The van der Waals surface area contributed by atoms with Crippen molar-refractivity contribution in [3.63, 3.8) is 0 Å². The minimum atomic E-state index is -0.199. The van der Waals surface area contributed by atoms with E-state index in [1.54, 1.807) is 29.0 Å². The van der Waals surface area contributed by atoms with Gasteiger partial charge in [0, 0.05) is 81.5 Å². The summed E-state index contributed by atoms with van der Waals surface area (Å²) in [5.74, 6) is 1.32. The van der Waals surface area contributed by atoms with Gasteiger partial charge in [-0.15, -0.1) is 0 Å². The van der Waals surface area contributed by atoms with E-state index in [0.717, 1.165) is 73.8 Å². The number of benzene rings is 1. The van der Waals surface area contributed by atoms with E-state index in [0.29, 0.717) is 25.3 Å². The van der Waals surface area contributed by atoms with E-state index in [1.165, 1.54) is 6.07 Å². The van der Waals surface area contributed by atoms with Crippen LogP contribution < -0.4 is 15.0 Å². The molecule has 1 atom stereocenters. The SMILES string of the molecule is O=c1ccc2ccc(F)c3c2n1CC3CN1CCN(CCc2cc3c(cn2)OCCO3)CC1. The fourth-order valence-corrected chi connectivity index (χ4v) is 5.33. The molecule has 7 nitrogen and oxygen atoms in total. The Hall–Kier alpha value is -2.97. The van der Waals surface area contributed by atoms with Crippen LogP contribution in [-0.2, 0) is 13.0 Å². The van der Waals surface area contributed by atoms with E-state index >= 15 is 0 Å². The van der Waals surface area contributed by atoms with Crippen LogP contribution in [0.25, 0.3) is 10.9 Å². The second-order valence-corrected chi connectivity index (χ2v) is 9.09. The second kappa shape index (κ2) is 8.43. The molecule has 3 aliphatic heterocycles. The Balaban J connectivity index is 1.06. The number of piperazine rings is 1. The molecular weight excluding hydrogens is 423 g/mol. The minimum Gasteiger partial charge on any atom is -0.486 e. The van der Waals surface area contributed by atoms with Crippen LogP contribution in [0.3, 0.4) is 0 Å². The third-order valence-corrected chi connectivity index (χ3v) is 7.06. The number of ether oxygens (including phenoxy) is 2. The van der Waals surface area contributed by atoms with Crippen molar-refractivity contribution in [1.82, 2.24) is 19.4 Å². The van der Waals surface area contributed by atoms with Crippen LogP contribution >= 0.6 is 0 Å². The molecule has 0 amide bonds. The van der Waals surface area contributed by atoms with Crippen molar-refractivity contribution >= 4 is 10.9 Å². The highest BCUT2D eigenvalue weighted by Gasteiger charge is 2.31. The lowest BCUT2D eigenvalue weighted by atomic mass is 9.98. The van der Waals surface area contributed by atoms with E-state index in [2.05, 4.69) is 14.8 Å². The molecule has 33 heavy (non-hydrogen) atoms. The van der Waals surface area contributed by atoms with Gasteiger partial charge in [0.05, 0.1) is 11.7 Å². The molecule has 0 saturated carbocycles. The van der Waals surface area contributed by atoms with Crippen LogP contribution in [0.5, 0.6) is 11.5 Å². The van der Waals surface area contributed by atoms with Gasteiger partial charge in [-0.3, -0.25) is 9.78 Å². The number of halogens is 1. The molecule has 1 unspecified atom stereocenters. The van der Waals surface area contributed by atoms with Gasteiger partial charge in [-0.1, -0.05) is 0 Å². The Morgan fingerprint density at radius 2 is 1.76 bits per heavy atom. The molecular formula is C25H27FN4O3. The molecule has 1 aromatic carbocycles. The number of rotatable bonds is 5. The number of nitrogens with zero attached hydrogens (tertiary/aromatic N) is 4. The first kappa shape index (κ1) is 20.6. The third-order valence-electron chi connectivity index (χ3n) is 7.06. The highest BCUT2D eigenvalue weighted by molar-refractivity contribution is 5.84. The van der Waals surface area contributed by atoms with Gasteiger partial charge in [0.15, 0.2) is 11.5 Å². The lowest BCUT2D eigenvalue weighted by Gasteiger charge is -2.36. The monoisotopic (exact) mass is 450 g/mol. The van der Waals surface area contributed by atoms with E-state index in [1.807, 2.05) is 6.07 Å². The first-order valence-corrected chi connectivity index (χ1v) is 11.7. The molecule has 0 aliphatic carbocycles. The highest BCUT2D eigenvalue weighted by Crippen LogP contribution is 2.35. The zero-order chi connectivity index (χ0) is 22.4. The van der Waals surface area contributed by atoms with Crippen molar-refractivity contribution in [3.05, 3.63) is 64.0 Å². The first-order valence-electron chi connectivity index (χ1n) is 11.7. The molecule has 1 saturated heterocycles. The van der Waals surface area contributed by atoms with Crippen LogP contribution in [0, 0.1) is 5.82 Å². The van der Waals surface area contributed by atoms with Gasteiger partial charge in [-0.05, 0) is 23.6 Å². The number of aromatic nitrogens is 2. The molecule has 0 bridgehead atoms. The van der Waals surface area contributed by atoms with Gasteiger partial charge < -0.3 is 23.8 Å². The van der Waals surface area contributed by atoms with Crippen LogP contribution in [0.1, 0.15) is 17.2 Å². The van der Waals surface area contributed by atoms with E-state index in [4.69, 9.17) is 9.47 Å². The van der Waals surface area contributed by atoms with Crippen LogP contribution in [0.15, 0.2) is 41.3 Å². The first-order chi connectivity index (χ1) is 16.2. The molecule has 5 heterocycles. The summed E-state index contributed by atoms with van der Waals surface area (Å²) in [4.78, 5) is 21.7. The lowest BCUT2D eigenvalue weighted by Crippen LogP contribution is -2.48. The Bertz CT molecular complexity index is 1250. The van der Waals surface area contributed by atoms with E-state index in [-0.39, 0.29) is 17.3 Å². The summed E-state index contributed by atoms with van der Waals surface area (Å²) < 4.78 is 27.7. The molecule has 3 aliphatic rings. The zero-order valence-corrected chi connectivity index (χ0v) is 18.5. The van der Waals surface area contributed by atoms with Gasteiger partial charge in [-0.2, -0.15) is 0 Å². The molecule has 0 spiro atoms. The van der Waals surface area contributed by atoms with Crippen LogP contribution in [0.2, 0.25) is 0 Å². The molecule has 6 rings (SSSR count). The summed E-state index contributed by atoms with van der Waals surface area (Å²) in [7, 11) is 0. The van der Waals surface area contributed by atoms with Crippen LogP contribution in [0.4, 0.5) is 4.39 Å². The maximum Gasteiger partial charge on any atom is 0.251 e. The van der Waals surface area contributed by atoms with E-state index in [9.17, 15) is 9.18 Å². The molecule has 2 aromatic heterocycles. The lowest BCUT2D eigenvalue weighted by molar-refractivity contribution is 0.126. The predicted molar refractivity (Wildman–Crippen MR) is 123 cm³/mol. The van der Waals surface area contributed by atoms with Gasteiger partial charge in [0.25, 0.3) is 5.56 Å². The normalized spacial score (nSPS) is 20.5. The quantitative estimate of drug-likeness (QED) is 0.595. The number of hydrogen-bond donors (Lipinski definition) is 0. The second-order valence-electron chi connectivity index (χ2n) is 9.09. The summed E-state index contributed by atoms with van der Waals surface area (Å²) in [6, 6.07) is 8.67. The van der Waals surface area contributed by atoms with Gasteiger partial charge in [-0.25, -0.2) is 4.39 Å². The van der Waals surface area contributed by atoms with Gasteiger partial charge in [0.1, 0.15) is 19.0 Å². The zero-order valence-electron chi connectivity index (χ0n) is 18.5. The summed E-state index contributed by atoms with van der Waals surface area (Å²) in [5.41, 5.74) is 2.45. The largest absolute Gasteiger partial charge is 0.486 e. The number of hydrogen-bond acceptors (Lipinski definition) is 6. The standard InChI is InChI=1S/C25H27FN4O3/c26-20-3-1-17-2-4-23(31)30-16-18(24(20)25(17)30)15-29-9-7-28(8-10-29)6-5-19-13-21-22(14-27-19)33-12-11-32-21/h1-4,13-14,18H,5-12,15-16H2. The fourth-order valence-electron chi connectivity index (χ4n) is 5.33. The Labute approximate surface area is 191 Å². The van der Waals surface area contributed by atoms with Crippen molar-refractivity contribution in [1.29, 1.82) is 0 Å². The van der Waals surface area contributed by atoms with Gasteiger partial charge in [0.2, 0.25) is 0 Å². The maximum absolute atomic E-state index is 14.8. The highest BCUT2D eigenvalue weighted by atomic mass is 19.1. The summed E-state index contributed by atoms with van der Waals surface area (Å²) in [6.07, 6.45) is 2.62. The summed E-state index contributed by atoms with van der Waals surface area (Å²) in [6.45, 7) is 7.24. The Morgan fingerprint density at radius 1 is 1.00 bits per heavy atom. The summed E-state index contributed by atoms with van der Waals surface area (Å²) >= 11 is 0. The Morgan fingerprint density at radius 3 is 2.61 bits per heavy atom. The number of pyridine rings is 2. The van der Waals surface area contributed by atoms with Crippen molar-refractivity contribution < 1.29 is 13.9 Å². The molecule has 0 N–H and O–H groups in total. The topological polar surface area (TPSA) is 59.8 Å².